The zero-order valence-corrected chi connectivity index (χ0v) is 18.6. The van der Waals surface area contributed by atoms with Crippen molar-refractivity contribution in [3.63, 3.8) is 0 Å². The molecule has 1 heterocycles. The van der Waals surface area contributed by atoms with Gasteiger partial charge in [-0.3, -0.25) is 0 Å². The van der Waals surface area contributed by atoms with Crippen LogP contribution in [0.15, 0.2) is 76.4 Å². The Balaban J connectivity index is 1.45. The summed E-state index contributed by atoms with van der Waals surface area (Å²) in [5, 5.41) is 10.7. The highest BCUT2D eigenvalue weighted by Crippen LogP contribution is 2.31. The molecule has 0 amide bonds. The highest BCUT2D eigenvalue weighted by Gasteiger charge is 2.14. The van der Waals surface area contributed by atoms with E-state index in [9.17, 15) is 0 Å². The van der Waals surface area contributed by atoms with Crippen molar-refractivity contribution in [3.8, 4) is 17.2 Å². The second kappa shape index (κ2) is 9.75. The Morgan fingerprint density at radius 2 is 1.60 bits per heavy atom. The maximum atomic E-state index is 6.23. The number of rotatable bonds is 7. The van der Waals surface area contributed by atoms with Gasteiger partial charge in [0, 0.05) is 31.9 Å². The van der Waals surface area contributed by atoms with Crippen molar-refractivity contribution in [1.82, 2.24) is 10.2 Å². The molecule has 0 aliphatic rings. The lowest BCUT2D eigenvalue weighted by atomic mass is 10.1. The van der Waals surface area contributed by atoms with E-state index in [1.165, 1.54) is 11.8 Å². The average Bonchev–Trinajstić information content (AvgIpc) is 3.22. The first-order valence-electron chi connectivity index (χ1n) is 8.95. The van der Waals surface area contributed by atoms with Gasteiger partial charge in [0.05, 0.1) is 0 Å². The Morgan fingerprint density at radius 3 is 2.40 bits per heavy atom. The summed E-state index contributed by atoms with van der Waals surface area (Å²) in [6, 6.07) is 20.4. The van der Waals surface area contributed by atoms with Crippen LogP contribution in [0.5, 0.6) is 5.75 Å². The molecule has 0 aliphatic carbocycles. The van der Waals surface area contributed by atoms with Crippen LogP contribution in [0, 0.1) is 0 Å². The molecule has 0 unspecified atom stereocenters. The molecule has 0 radical (unpaired) electrons. The summed E-state index contributed by atoms with van der Waals surface area (Å²) in [5.74, 6) is 1.77. The molecule has 152 valence electrons. The topological polar surface area (TPSA) is 48.2 Å². The monoisotopic (exact) mass is 476 g/mol. The van der Waals surface area contributed by atoms with Gasteiger partial charge in [0.25, 0.3) is 5.22 Å². The Morgan fingerprint density at radius 1 is 0.833 bits per heavy atom. The summed E-state index contributed by atoms with van der Waals surface area (Å²) in [4.78, 5) is 0. The number of thioether (sulfide) groups is 1. The smallest absolute Gasteiger partial charge is 0.277 e. The molecule has 0 saturated carbocycles. The third kappa shape index (κ3) is 5.29. The third-order valence-electron chi connectivity index (χ3n) is 4.23. The van der Waals surface area contributed by atoms with Crippen LogP contribution in [0.4, 0.5) is 0 Å². The molecule has 0 N–H and O–H groups in total. The Labute approximate surface area is 193 Å². The molecule has 1 aromatic heterocycles. The average molecular weight is 478 g/mol. The van der Waals surface area contributed by atoms with Gasteiger partial charge in [0.1, 0.15) is 12.4 Å². The van der Waals surface area contributed by atoms with E-state index < -0.39 is 0 Å². The third-order valence-corrected chi connectivity index (χ3v) is 5.93. The number of benzene rings is 3. The van der Waals surface area contributed by atoms with Gasteiger partial charge in [-0.2, -0.15) is 0 Å². The Bertz CT molecular complexity index is 1150. The number of halogens is 3. The number of aromatic nitrogens is 2. The minimum Gasteiger partial charge on any atom is -0.489 e. The van der Waals surface area contributed by atoms with Crippen molar-refractivity contribution in [2.75, 3.05) is 0 Å². The van der Waals surface area contributed by atoms with E-state index in [0.717, 1.165) is 22.4 Å². The Hall–Kier alpha value is -2.18. The summed E-state index contributed by atoms with van der Waals surface area (Å²) in [5.41, 5.74) is 2.71. The first-order chi connectivity index (χ1) is 14.6. The number of nitrogens with zero attached hydrogens (tertiary/aromatic N) is 2. The molecule has 4 aromatic rings. The van der Waals surface area contributed by atoms with Crippen molar-refractivity contribution in [3.05, 3.63) is 92.9 Å². The van der Waals surface area contributed by atoms with Crippen molar-refractivity contribution < 1.29 is 9.15 Å². The van der Waals surface area contributed by atoms with Crippen molar-refractivity contribution in [2.45, 2.75) is 17.6 Å². The van der Waals surface area contributed by atoms with Gasteiger partial charge < -0.3 is 9.15 Å². The quantitative estimate of drug-likeness (QED) is 0.257. The van der Waals surface area contributed by atoms with E-state index in [4.69, 9.17) is 44.0 Å². The molecule has 0 fully saturated rings. The van der Waals surface area contributed by atoms with Gasteiger partial charge in [-0.15, -0.1) is 10.2 Å². The maximum Gasteiger partial charge on any atom is 0.277 e. The standard InChI is InChI=1S/C22H15Cl3N2O2S/c23-16-7-9-18(10-8-16)28-12-14-3-1-2-4-19(14)21-26-27-22(29-21)30-13-15-5-6-17(24)11-20(15)25/h1-11H,12-13H2. The van der Waals surface area contributed by atoms with Gasteiger partial charge in [0.2, 0.25) is 5.89 Å². The molecule has 0 aliphatic heterocycles. The molecule has 0 bridgehead atoms. The SMILES string of the molecule is Clc1ccc(OCc2ccccc2-c2nnc(SCc3ccc(Cl)cc3Cl)o2)cc1. The molecule has 4 nitrogen and oxygen atoms in total. The lowest BCUT2D eigenvalue weighted by Gasteiger charge is -2.09. The minimum absolute atomic E-state index is 0.364. The predicted octanol–water partition coefficient (Wildman–Crippen LogP) is 7.57. The fourth-order valence-electron chi connectivity index (χ4n) is 2.70. The van der Waals surface area contributed by atoms with Crippen LogP contribution in [-0.4, -0.2) is 10.2 Å². The van der Waals surface area contributed by atoms with Crippen molar-refractivity contribution in [2.24, 2.45) is 0 Å². The van der Waals surface area contributed by atoms with E-state index in [2.05, 4.69) is 10.2 Å². The highest BCUT2D eigenvalue weighted by atomic mass is 35.5. The summed E-state index contributed by atoms with van der Waals surface area (Å²) >= 11 is 19.5. The first kappa shape index (κ1) is 21.1. The second-order valence-electron chi connectivity index (χ2n) is 6.30. The molecular formula is C22H15Cl3N2O2S. The van der Waals surface area contributed by atoms with E-state index in [0.29, 0.717) is 38.5 Å². The van der Waals surface area contributed by atoms with Crippen molar-refractivity contribution >= 4 is 46.6 Å². The highest BCUT2D eigenvalue weighted by molar-refractivity contribution is 7.98. The van der Waals surface area contributed by atoms with Gasteiger partial charge in [-0.25, -0.2) is 0 Å². The van der Waals surface area contributed by atoms with E-state index in [1.807, 2.05) is 42.5 Å². The van der Waals surface area contributed by atoms with Crippen LogP contribution in [0.3, 0.4) is 0 Å². The van der Waals surface area contributed by atoms with Crippen LogP contribution in [0.1, 0.15) is 11.1 Å². The van der Waals surface area contributed by atoms with Gasteiger partial charge in [0.15, 0.2) is 0 Å². The normalized spacial score (nSPS) is 10.9. The summed E-state index contributed by atoms with van der Waals surface area (Å²) in [6.45, 7) is 0.364. The number of hydrogen-bond donors (Lipinski definition) is 0. The molecule has 3 aromatic carbocycles. The fourth-order valence-corrected chi connectivity index (χ4v) is 4.15. The van der Waals surface area contributed by atoms with Crippen LogP contribution in [0.2, 0.25) is 15.1 Å². The molecule has 30 heavy (non-hydrogen) atoms. The van der Waals surface area contributed by atoms with Crippen LogP contribution in [0.25, 0.3) is 11.5 Å². The molecule has 0 atom stereocenters. The summed E-state index contributed by atoms with van der Waals surface area (Å²) in [7, 11) is 0. The first-order valence-corrected chi connectivity index (χ1v) is 11.1. The fraction of sp³-hybridized carbons (Fsp3) is 0.0909. The van der Waals surface area contributed by atoms with Crippen LogP contribution >= 0.6 is 46.6 Å². The van der Waals surface area contributed by atoms with E-state index in [1.54, 1.807) is 24.3 Å². The summed E-state index contributed by atoms with van der Waals surface area (Å²) < 4.78 is 11.7. The van der Waals surface area contributed by atoms with E-state index >= 15 is 0 Å². The zero-order chi connectivity index (χ0) is 20.9. The van der Waals surface area contributed by atoms with Gasteiger partial charge >= 0.3 is 0 Å². The largest absolute Gasteiger partial charge is 0.489 e. The lowest BCUT2D eigenvalue weighted by molar-refractivity contribution is 0.306. The number of hydrogen-bond acceptors (Lipinski definition) is 5. The van der Waals surface area contributed by atoms with Crippen LogP contribution < -0.4 is 4.74 Å². The second-order valence-corrected chi connectivity index (χ2v) is 8.50. The molecule has 8 heteroatoms. The van der Waals surface area contributed by atoms with Gasteiger partial charge in [-0.1, -0.05) is 70.8 Å². The number of ether oxygens (including phenoxy) is 1. The summed E-state index contributed by atoms with van der Waals surface area (Å²) in [6.07, 6.45) is 0. The predicted molar refractivity (Wildman–Crippen MR) is 122 cm³/mol. The molecule has 0 spiro atoms. The van der Waals surface area contributed by atoms with Crippen LogP contribution in [-0.2, 0) is 12.4 Å². The van der Waals surface area contributed by atoms with Crippen molar-refractivity contribution in [1.29, 1.82) is 0 Å². The minimum atomic E-state index is 0.364. The van der Waals surface area contributed by atoms with E-state index in [-0.39, 0.29) is 0 Å². The maximum absolute atomic E-state index is 6.23. The molecular weight excluding hydrogens is 463 g/mol. The zero-order valence-electron chi connectivity index (χ0n) is 15.5. The molecule has 0 saturated heterocycles. The van der Waals surface area contributed by atoms with Gasteiger partial charge in [-0.05, 0) is 48.0 Å². The Kier molecular flexibility index (Phi) is 6.85. The molecule has 4 rings (SSSR count). The lowest BCUT2D eigenvalue weighted by Crippen LogP contribution is -1.98.